The molecule has 0 bridgehead atoms. The molecule has 146 valence electrons. The van der Waals surface area contributed by atoms with E-state index in [2.05, 4.69) is 26.3 Å². The van der Waals surface area contributed by atoms with Crippen molar-refractivity contribution in [3.63, 3.8) is 0 Å². The molecule has 4 heterocycles. The van der Waals surface area contributed by atoms with Crippen LogP contribution in [0.4, 0.5) is 10.3 Å². The van der Waals surface area contributed by atoms with Crippen molar-refractivity contribution in [3.05, 3.63) is 54.2 Å². The third-order valence-electron chi connectivity index (χ3n) is 5.11. The van der Waals surface area contributed by atoms with Gasteiger partial charge in [-0.05, 0) is 37.1 Å². The molecule has 0 saturated carbocycles. The smallest absolute Gasteiger partial charge is 0.229 e. The Bertz CT molecular complexity index is 1100. The van der Waals surface area contributed by atoms with Gasteiger partial charge in [0.05, 0.1) is 15.9 Å². The summed E-state index contributed by atoms with van der Waals surface area (Å²) in [5.41, 5.74) is 2.83. The zero-order valence-corrected chi connectivity index (χ0v) is 17.2. The number of benzene rings is 1. The average molecular weight is 422 g/mol. The van der Waals surface area contributed by atoms with Gasteiger partial charge < -0.3 is 10.2 Å². The minimum Gasteiger partial charge on any atom is -0.348 e. The second kappa shape index (κ2) is 7.88. The summed E-state index contributed by atoms with van der Waals surface area (Å²) in [6, 6.07) is 12.0. The lowest BCUT2D eigenvalue weighted by Gasteiger charge is -2.30. The number of hydrogen-bond acceptors (Lipinski definition) is 7. The lowest BCUT2D eigenvalue weighted by molar-refractivity contribution is -0.120. The van der Waals surface area contributed by atoms with E-state index in [4.69, 9.17) is 4.98 Å². The molecule has 1 aliphatic heterocycles. The van der Waals surface area contributed by atoms with Crippen molar-refractivity contribution in [1.82, 2.24) is 15.0 Å². The largest absolute Gasteiger partial charge is 0.348 e. The highest BCUT2D eigenvalue weighted by atomic mass is 32.1. The van der Waals surface area contributed by atoms with Gasteiger partial charge >= 0.3 is 0 Å². The number of anilines is 2. The van der Waals surface area contributed by atoms with E-state index < -0.39 is 0 Å². The van der Waals surface area contributed by atoms with E-state index in [9.17, 15) is 4.79 Å². The van der Waals surface area contributed by atoms with E-state index in [1.54, 1.807) is 23.7 Å². The Balaban J connectivity index is 1.20. The summed E-state index contributed by atoms with van der Waals surface area (Å²) in [5, 5.41) is 6.63. The van der Waals surface area contributed by atoms with Gasteiger partial charge in [-0.25, -0.2) is 9.97 Å². The second-order valence-corrected chi connectivity index (χ2v) is 8.86. The van der Waals surface area contributed by atoms with Gasteiger partial charge in [0.25, 0.3) is 0 Å². The molecule has 1 saturated heterocycles. The fraction of sp³-hybridized carbons (Fsp3) is 0.238. The van der Waals surface area contributed by atoms with Gasteiger partial charge in [-0.3, -0.25) is 9.78 Å². The Labute approximate surface area is 176 Å². The van der Waals surface area contributed by atoms with E-state index in [-0.39, 0.29) is 11.8 Å². The fourth-order valence-corrected chi connectivity index (χ4v) is 5.25. The summed E-state index contributed by atoms with van der Waals surface area (Å²) in [5.74, 6) is 0.0624. The van der Waals surface area contributed by atoms with Crippen LogP contribution in [-0.4, -0.2) is 33.9 Å². The third kappa shape index (κ3) is 3.86. The van der Waals surface area contributed by atoms with Crippen molar-refractivity contribution in [2.75, 3.05) is 23.3 Å². The molecule has 1 aliphatic rings. The lowest BCUT2D eigenvalue weighted by atomic mass is 9.96. The van der Waals surface area contributed by atoms with E-state index in [1.165, 1.54) is 16.0 Å². The van der Waals surface area contributed by atoms with Crippen molar-refractivity contribution in [1.29, 1.82) is 0 Å². The first-order valence-electron chi connectivity index (χ1n) is 9.53. The second-order valence-electron chi connectivity index (χ2n) is 6.99. The maximum Gasteiger partial charge on any atom is 0.229 e. The number of fused-ring (bicyclic) bond motifs is 1. The van der Waals surface area contributed by atoms with Crippen LogP contribution in [0.1, 0.15) is 12.8 Å². The number of amides is 1. The van der Waals surface area contributed by atoms with Crippen molar-refractivity contribution in [2.24, 2.45) is 5.92 Å². The zero-order valence-electron chi connectivity index (χ0n) is 15.6. The van der Waals surface area contributed by atoms with Gasteiger partial charge in [0.2, 0.25) is 5.91 Å². The van der Waals surface area contributed by atoms with Gasteiger partial charge in [0.1, 0.15) is 0 Å². The van der Waals surface area contributed by atoms with Crippen LogP contribution in [0.3, 0.4) is 0 Å². The number of carbonyl (C=O) groups excluding carboxylic acids is 1. The molecule has 0 aliphatic carbocycles. The number of nitrogens with one attached hydrogen (secondary N) is 1. The molecule has 29 heavy (non-hydrogen) atoms. The maximum atomic E-state index is 12.7. The molecular formula is C21H19N5OS2. The van der Waals surface area contributed by atoms with Crippen LogP contribution in [0.5, 0.6) is 0 Å². The summed E-state index contributed by atoms with van der Waals surface area (Å²) in [6.45, 7) is 1.69. The van der Waals surface area contributed by atoms with Gasteiger partial charge in [-0.15, -0.1) is 11.3 Å². The predicted molar refractivity (Wildman–Crippen MR) is 119 cm³/mol. The van der Waals surface area contributed by atoms with E-state index in [0.717, 1.165) is 47.8 Å². The Morgan fingerprint density at radius 1 is 1.10 bits per heavy atom. The number of piperidine rings is 1. The monoisotopic (exact) mass is 421 g/mol. The number of nitrogens with zero attached hydrogens (tertiary/aromatic N) is 4. The highest BCUT2D eigenvalue weighted by molar-refractivity contribution is 7.22. The Kier molecular flexibility index (Phi) is 4.95. The normalized spacial score (nSPS) is 15.0. The molecule has 1 aromatic carbocycles. The average Bonchev–Trinajstić information content (AvgIpc) is 3.41. The molecule has 0 radical (unpaired) electrons. The molecule has 0 atom stereocenters. The molecular weight excluding hydrogens is 402 g/mol. The van der Waals surface area contributed by atoms with Crippen LogP contribution >= 0.6 is 22.7 Å². The summed E-state index contributed by atoms with van der Waals surface area (Å²) in [7, 11) is 0. The standard InChI is InChI=1S/C21H19N5OS2/c27-19(25-20-23-17(13-28-20)15-4-3-9-22-12-15)14-7-10-26(11-8-14)21-24-16-5-1-2-6-18(16)29-21/h1-6,9,12-14H,7-8,10-11H2,(H,23,25,27). The van der Waals surface area contributed by atoms with Crippen LogP contribution in [0.25, 0.3) is 21.5 Å². The highest BCUT2D eigenvalue weighted by Gasteiger charge is 2.27. The summed E-state index contributed by atoms with van der Waals surface area (Å²) < 4.78 is 1.20. The van der Waals surface area contributed by atoms with Gasteiger partial charge in [-0.1, -0.05) is 23.5 Å². The first-order valence-corrected chi connectivity index (χ1v) is 11.2. The van der Waals surface area contributed by atoms with E-state index in [1.807, 2.05) is 35.7 Å². The van der Waals surface area contributed by atoms with Crippen LogP contribution in [0.15, 0.2) is 54.2 Å². The molecule has 3 aromatic heterocycles. The first-order chi connectivity index (χ1) is 14.3. The Morgan fingerprint density at radius 3 is 2.76 bits per heavy atom. The number of para-hydroxylation sites is 1. The van der Waals surface area contributed by atoms with Gasteiger partial charge in [0.15, 0.2) is 10.3 Å². The fourth-order valence-electron chi connectivity index (χ4n) is 3.51. The molecule has 1 N–H and O–H groups in total. The topological polar surface area (TPSA) is 71.0 Å². The minimum absolute atomic E-state index is 0.00590. The number of thiazole rings is 2. The van der Waals surface area contributed by atoms with Crippen molar-refractivity contribution in [3.8, 4) is 11.3 Å². The summed E-state index contributed by atoms with van der Waals surface area (Å²) in [6.07, 6.45) is 5.16. The SMILES string of the molecule is O=C(Nc1nc(-c2cccnc2)cs1)C1CCN(c2nc3ccccc3s2)CC1. The Morgan fingerprint density at radius 2 is 1.97 bits per heavy atom. The van der Waals surface area contributed by atoms with Crippen LogP contribution in [-0.2, 0) is 4.79 Å². The third-order valence-corrected chi connectivity index (χ3v) is 6.97. The van der Waals surface area contributed by atoms with Crippen LogP contribution < -0.4 is 10.2 Å². The van der Waals surface area contributed by atoms with E-state index in [0.29, 0.717) is 5.13 Å². The van der Waals surface area contributed by atoms with Gasteiger partial charge in [-0.2, -0.15) is 0 Å². The Hall–Kier alpha value is -2.84. The maximum absolute atomic E-state index is 12.7. The van der Waals surface area contributed by atoms with Crippen molar-refractivity contribution >= 4 is 49.1 Å². The minimum atomic E-state index is 0.00590. The number of carbonyl (C=O) groups is 1. The lowest BCUT2D eigenvalue weighted by Crippen LogP contribution is -2.38. The summed E-state index contributed by atoms with van der Waals surface area (Å²) >= 11 is 3.16. The molecule has 0 unspecified atom stereocenters. The first kappa shape index (κ1) is 18.2. The van der Waals surface area contributed by atoms with Crippen LogP contribution in [0.2, 0.25) is 0 Å². The zero-order chi connectivity index (χ0) is 19.6. The molecule has 1 amide bonds. The number of rotatable bonds is 4. The molecule has 0 spiro atoms. The molecule has 4 aromatic rings. The molecule has 5 rings (SSSR count). The van der Waals surface area contributed by atoms with Gasteiger partial charge in [0, 0.05) is 42.3 Å². The highest BCUT2D eigenvalue weighted by Crippen LogP contribution is 2.32. The molecule has 6 nitrogen and oxygen atoms in total. The van der Waals surface area contributed by atoms with Crippen molar-refractivity contribution < 1.29 is 4.79 Å². The number of pyridine rings is 1. The van der Waals surface area contributed by atoms with Crippen molar-refractivity contribution in [2.45, 2.75) is 12.8 Å². The number of aromatic nitrogens is 3. The predicted octanol–water partition coefficient (Wildman–Crippen LogP) is 4.67. The van der Waals surface area contributed by atoms with E-state index >= 15 is 0 Å². The quantitative estimate of drug-likeness (QED) is 0.518. The van der Waals surface area contributed by atoms with Crippen LogP contribution in [0, 0.1) is 5.92 Å². The summed E-state index contributed by atoms with van der Waals surface area (Å²) in [4.78, 5) is 28.4. The molecule has 8 heteroatoms. The molecule has 1 fully saturated rings. The number of hydrogen-bond donors (Lipinski definition) is 1.